The molecule has 17 heavy (non-hydrogen) atoms. The van der Waals surface area contributed by atoms with E-state index in [-0.39, 0.29) is 11.9 Å². The molecule has 1 unspecified atom stereocenters. The van der Waals surface area contributed by atoms with Crippen LogP contribution >= 0.6 is 11.8 Å². The van der Waals surface area contributed by atoms with Gasteiger partial charge in [-0.2, -0.15) is 11.8 Å². The monoisotopic (exact) mass is 259 g/mol. The largest absolute Gasteiger partial charge is 0.293 e. The molecule has 5 heteroatoms. The zero-order valence-corrected chi connectivity index (χ0v) is 12.0. The van der Waals surface area contributed by atoms with E-state index >= 15 is 0 Å². The van der Waals surface area contributed by atoms with E-state index in [0.717, 1.165) is 38.1 Å². The molecular weight excluding hydrogens is 234 g/mol. The highest BCUT2D eigenvalue weighted by atomic mass is 32.2. The fourth-order valence-corrected chi connectivity index (χ4v) is 3.31. The van der Waals surface area contributed by atoms with Gasteiger partial charge in [-0.15, -0.1) is 0 Å². The van der Waals surface area contributed by atoms with Crippen molar-refractivity contribution in [1.82, 2.24) is 10.3 Å². The Kier molecular flexibility index (Phi) is 5.76. The highest BCUT2D eigenvalue weighted by Gasteiger charge is 2.30. The molecule has 1 heterocycles. The lowest BCUT2D eigenvalue weighted by Crippen LogP contribution is -2.49. The molecule has 0 aromatic heterocycles. The average molecular weight is 259 g/mol. The first kappa shape index (κ1) is 14.8. The highest BCUT2D eigenvalue weighted by Crippen LogP contribution is 2.31. The molecule has 100 valence electrons. The van der Waals surface area contributed by atoms with Crippen LogP contribution in [-0.4, -0.2) is 40.4 Å². The predicted octanol–water partition coefficient (Wildman–Crippen LogP) is 1.36. The van der Waals surface area contributed by atoms with Gasteiger partial charge in [-0.3, -0.25) is 15.1 Å². The second-order valence-electron chi connectivity index (χ2n) is 5.21. The van der Waals surface area contributed by atoms with Crippen molar-refractivity contribution in [2.45, 2.75) is 50.8 Å². The third-order valence-electron chi connectivity index (χ3n) is 3.32. The Morgan fingerprint density at radius 3 is 2.82 bits per heavy atom. The molecule has 4 nitrogen and oxygen atoms in total. The Hall–Kier alpha value is -0.260. The number of amides is 1. The molecule has 0 spiro atoms. The molecule has 1 aliphatic heterocycles. The summed E-state index contributed by atoms with van der Waals surface area (Å²) in [7, 11) is 0. The fraction of sp³-hybridized carbons (Fsp3) is 0.917. The van der Waals surface area contributed by atoms with Crippen LogP contribution in [0, 0.1) is 0 Å². The van der Waals surface area contributed by atoms with E-state index < -0.39 is 0 Å². The number of hydrogen-bond acceptors (Lipinski definition) is 4. The Morgan fingerprint density at radius 1 is 1.53 bits per heavy atom. The normalized spacial score (nSPS) is 22.8. The maximum absolute atomic E-state index is 11.8. The van der Waals surface area contributed by atoms with Crippen molar-refractivity contribution in [2.75, 3.05) is 18.8 Å². The number of thioether (sulfide) groups is 1. The van der Waals surface area contributed by atoms with Crippen LogP contribution in [0.15, 0.2) is 0 Å². The van der Waals surface area contributed by atoms with Crippen LogP contribution in [0.5, 0.6) is 0 Å². The molecule has 1 aliphatic rings. The lowest BCUT2D eigenvalue weighted by Gasteiger charge is -2.29. The first-order chi connectivity index (χ1) is 8.00. The van der Waals surface area contributed by atoms with Gasteiger partial charge in [0.15, 0.2) is 0 Å². The summed E-state index contributed by atoms with van der Waals surface area (Å²) in [6, 6.07) is -0.0560. The average Bonchev–Trinajstić information content (AvgIpc) is 2.46. The summed E-state index contributed by atoms with van der Waals surface area (Å²) in [6.07, 6.45) is 3.01. The van der Waals surface area contributed by atoms with Crippen molar-refractivity contribution >= 4 is 17.7 Å². The summed E-state index contributed by atoms with van der Waals surface area (Å²) in [6.45, 7) is 8.62. The Labute approximate surface area is 109 Å². The first-order valence-electron chi connectivity index (χ1n) is 6.38. The molecule has 1 rings (SSSR count). The van der Waals surface area contributed by atoms with Gasteiger partial charge in [0.1, 0.15) is 0 Å². The maximum atomic E-state index is 11.8. The van der Waals surface area contributed by atoms with E-state index in [1.807, 2.05) is 11.8 Å². The highest BCUT2D eigenvalue weighted by molar-refractivity contribution is 8.00. The molecule has 0 aromatic carbocycles. The minimum Gasteiger partial charge on any atom is -0.293 e. The number of nitrogens with two attached hydrogens (primary N) is 1. The molecule has 0 saturated carbocycles. The van der Waals surface area contributed by atoms with Gasteiger partial charge in [0.25, 0.3) is 5.91 Å². The summed E-state index contributed by atoms with van der Waals surface area (Å²) in [5.74, 6) is 6.31. The van der Waals surface area contributed by atoms with Gasteiger partial charge in [-0.05, 0) is 12.8 Å². The van der Waals surface area contributed by atoms with Crippen LogP contribution in [0.1, 0.15) is 40.0 Å². The van der Waals surface area contributed by atoms with Gasteiger partial charge in [-0.1, -0.05) is 27.2 Å². The number of nitrogens with one attached hydrogen (secondary N) is 1. The molecule has 3 N–H and O–H groups in total. The third kappa shape index (κ3) is 4.48. The van der Waals surface area contributed by atoms with Crippen molar-refractivity contribution in [3.63, 3.8) is 0 Å². The molecular formula is C12H25N3OS. The SMILES string of the molecule is CCCC(C(=O)NN)N1CCSC(C)(C)CC1. The van der Waals surface area contributed by atoms with Crippen molar-refractivity contribution in [1.29, 1.82) is 0 Å². The number of nitrogens with zero attached hydrogens (tertiary/aromatic N) is 1. The van der Waals surface area contributed by atoms with E-state index in [2.05, 4.69) is 31.1 Å². The second-order valence-corrected chi connectivity index (χ2v) is 7.01. The van der Waals surface area contributed by atoms with E-state index in [4.69, 9.17) is 5.84 Å². The van der Waals surface area contributed by atoms with Crippen LogP contribution in [0.3, 0.4) is 0 Å². The molecule has 1 atom stereocenters. The molecule has 0 aromatic rings. The van der Waals surface area contributed by atoms with Gasteiger partial charge >= 0.3 is 0 Å². The van der Waals surface area contributed by atoms with Crippen LogP contribution in [-0.2, 0) is 4.79 Å². The number of hydrazine groups is 1. The van der Waals surface area contributed by atoms with Crippen LogP contribution in [0.2, 0.25) is 0 Å². The number of carbonyl (C=O) groups excluding carboxylic acids is 1. The van der Waals surface area contributed by atoms with Crippen LogP contribution < -0.4 is 11.3 Å². The van der Waals surface area contributed by atoms with E-state index in [1.165, 1.54) is 0 Å². The van der Waals surface area contributed by atoms with Crippen molar-refractivity contribution in [3.05, 3.63) is 0 Å². The topological polar surface area (TPSA) is 58.4 Å². The van der Waals surface area contributed by atoms with Crippen LogP contribution in [0.4, 0.5) is 0 Å². The fourth-order valence-electron chi connectivity index (χ4n) is 2.20. The molecule has 1 amide bonds. The molecule has 1 fully saturated rings. The Morgan fingerprint density at radius 2 is 2.24 bits per heavy atom. The Balaban J connectivity index is 2.64. The van der Waals surface area contributed by atoms with Crippen LogP contribution in [0.25, 0.3) is 0 Å². The first-order valence-corrected chi connectivity index (χ1v) is 7.37. The lowest BCUT2D eigenvalue weighted by molar-refractivity contribution is -0.126. The summed E-state index contributed by atoms with van der Waals surface area (Å²) in [5.41, 5.74) is 2.30. The molecule has 0 aliphatic carbocycles. The third-order valence-corrected chi connectivity index (χ3v) is 4.69. The van der Waals surface area contributed by atoms with Crippen molar-refractivity contribution < 1.29 is 4.79 Å². The summed E-state index contributed by atoms with van der Waals surface area (Å²) in [5, 5.41) is 0. The minimum atomic E-state index is -0.0560. The zero-order valence-electron chi connectivity index (χ0n) is 11.2. The van der Waals surface area contributed by atoms with Crippen molar-refractivity contribution in [3.8, 4) is 0 Å². The van der Waals surface area contributed by atoms with E-state index in [9.17, 15) is 4.79 Å². The number of hydrogen-bond donors (Lipinski definition) is 2. The second kappa shape index (κ2) is 6.61. The van der Waals surface area contributed by atoms with E-state index in [0.29, 0.717) is 4.75 Å². The maximum Gasteiger partial charge on any atom is 0.251 e. The zero-order chi connectivity index (χ0) is 12.9. The quantitative estimate of drug-likeness (QED) is 0.455. The standard InChI is InChI=1S/C12H25N3OS/c1-4-5-10(11(16)14-13)15-7-6-12(2,3)17-9-8-15/h10H,4-9,13H2,1-3H3,(H,14,16). The van der Waals surface area contributed by atoms with Gasteiger partial charge < -0.3 is 0 Å². The van der Waals surface area contributed by atoms with Crippen molar-refractivity contribution in [2.24, 2.45) is 5.84 Å². The smallest absolute Gasteiger partial charge is 0.251 e. The number of carbonyl (C=O) groups is 1. The summed E-state index contributed by atoms with van der Waals surface area (Å²) >= 11 is 2.00. The lowest BCUT2D eigenvalue weighted by atomic mass is 10.1. The minimum absolute atomic E-state index is 0.0449. The molecule has 1 saturated heterocycles. The van der Waals surface area contributed by atoms with Gasteiger partial charge in [0.2, 0.25) is 0 Å². The summed E-state index contributed by atoms with van der Waals surface area (Å²) in [4.78, 5) is 14.1. The Bertz CT molecular complexity index is 258. The summed E-state index contributed by atoms with van der Waals surface area (Å²) < 4.78 is 0.324. The predicted molar refractivity (Wildman–Crippen MR) is 73.8 cm³/mol. The van der Waals surface area contributed by atoms with E-state index in [1.54, 1.807) is 0 Å². The van der Waals surface area contributed by atoms with Gasteiger partial charge in [0, 0.05) is 23.6 Å². The molecule has 0 radical (unpaired) electrons. The number of rotatable bonds is 4. The van der Waals surface area contributed by atoms with Gasteiger partial charge in [0.05, 0.1) is 6.04 Å². The molecule has 0 bridgehead atoms. The van der Waals surface area contributed by atoms with Gasteiger partial charge in [-0.25, -0.2) is 5.84 Å².